The highest BCUT2D eigenvalue weighted by molar-refractivity contribution is 4.89. The Morgan fingerprint density at radius 2 is 1.91 bits per heavy atom. The molecule has 66 valence electrons. The van der Waals surface area contributed by atoms with Gasteiger partial charge in [0.15, 0.2) is 0 Å². The lowest BCUT2D eigenvalue weighted by Gasteiger charge is -2.18. The van der Waals surface area contributed by atoms with Crippen LogP contribution < -0.4 is 0 Å². The van der Waals surface area contributed by atoms with Crippen molar-refractivity contribution in [3.63, 3.8) is 0 Å². The third kappa shape index (κ3) is 5.07. The molecule has 1 fully saturated rings. The zero-order valence-corrected chi connectivity index (χ0v) is 6.19. The summed E-state index contributed by atoms with van der Waals surface area (Å²) in [5, 5.41) is 3.80. The van der Waals surface area contributed by atoms with E-state index >= 15 is 0 Å². The van der Waals surface area contributed by atoms with Gasteiger partial charge in [-0.05, 0) is 0 Å². The predicted octanol–water partition coefficient (Wildman–Crippen LogP) is 2.72. The van der Waals surface area contributed by atoms with Gasteiger partial charge in [-0.15, -0.1) is 13.1 Å². The third-order valence-corrected chi connectivity index (χ3v) is 1.64. The molecule has 1 rings (SSSR count). The summed E-state index contributed by atoms with van der Waals surface area (Å²) in [6.07, 6.45) is -2.50. The van der Waals surface area contributed by atoms with Gasteiger partial charge >= 0.3 is 6.18 Å². The lowest BCUT2D eigenvalue weighted by Crippen LogP contribution is -2.09. The first-order valence-corrected chi connectivity index (χ1v) is 3.78. The molecule has 0 aliphatic heterocycles. The summed E-state index contributed by atoms with van der Waals surface area (Å²) >= 11 is 0. The van der Waals surface area contributed by atoms with E-state index in [0.29, 0.717) is 12.5 Å². The van der Waals surface area contributed by atoms with Gasteiger partial charge in [-0.25, -0.2) is 0 Å². The van der Waals surface area contributed by atoms with Crippen LogP contribution in [0.4, 0.5) is 13.2 Å². The SMILES string of the molecule is FC(F)(F)CC[N-]CC1CC1. The van der Waals surface area contributed by atoms with E-state index in [0.717, 1.165) is 12.8 Å². The van der Waals surface area contributed by atoms with Crippen LogP contribution in [-0.4, -0.2) is 19.3 Å². The Hall–Kier alpha value is -0.250. The van der Waals surface area contributed by atoms with Gasteiger partial charge in [-0.2, -0.15) is 13.2 Å². The molecule has 1 saturated carbocycles. The van der Waals surface area contributed by atoms with Crippen molar-refractivity contribution in [2.75, 3.05) is 13.1 Å². The average molecular weight is 166 g/mol. The van der Waals surface area contributed by atoms with E-state index in [2.05, 4.69) is 5.32 Å². The number of nitrogens with zero attached hydrogens (tertiary/aromatic N) is 1. The van der Waals surface area contributed by atoms with Gasteiger partial charge in [-0.3, -0.25) is 0 Å². The van der Waals surface area contributed by atoms with E-state index in [9.17, 15) is 13.2 Å². The van der Waals surface area contributed by atoms with Crippen molar-refractivity contribution in [2.24, 2.45) is 5.92 Å². The van der Waals surface area contributed by atoms with Crippen LogP contribution in [0.5, 0.6) is 0 Å². The second kappa shape index (κ2) is 3.43. The molecule has 0 unspecified atom stereocenters. The Labute approximate surface area is 64.0 Å². The van der Waals surface area contributed by atoms with Gasteiger partial charge in [0, 0.05) is 6.42 Å². The summed E-state index contributed by atoms with van der Waals surface area (Å²) in [6.45, 7) is 0.579. The fourth-order valence-corrected chi connectivity index (χ4v) is 0.780. The van der Waals surface area contributed by atoms with Crippen molar-refractivity contribution in [3.8, 4) is 0 Å². The molecule has 0 radical (unpaired) electrons. The van der Waals surface area contributed by atoms with Gasteiger partial charge in [0.1, 0.15) is 0 Å². The fourth-order valence-electron chi connectivity index (χ4n) is 0.780. The van der Waals surface area contributed by atoms with E-state index in [-0.39, 0.29) is 6.54 Å². The highest BCUT2D eigenvalue weighted by Crippen LogP contribution is 2.30. The second-order valence-electron chi connectivity index (χ2n) is 2.94. The normalized spacial score (nSPS) is 18.8. The summed E-state index contributed by atoms with van der Waals surface area (Å²) in [5.74, 6) is 0.600. The topological polar surface area (TPSA) is 14.1 Å². The molecule has 0 spiro atoms. The molecular formula is C7H11F3N-. The number of alkyl halides is 3. The van der Waals surface area contributed by atoms with Crippen molar-refractivity contribution < 1.29 is 13.2 Å². The Bertz CT molecular complexity index is 117. The Morgan fingerprint density at radius 1 is 1.27 bits per heavy atom. The Balaban J connectivity index is 1.87. The summed E-state index contributed by atoms with van der Waals surface area (Å²) in [7, 11) is 0. The smallest absolute Gasteiger partial charge is 0.387 e. The first-order valence-electron chi connectivity index (χ1n) is 3.78. The van der Waals surface area contributed by atoms with Crippen molar-refractivity contribution in [1.82, 2.24) is 0 Å². The molecule has 0 aromatic carbocycles. The molecule has 0 amide bonds. The third-order valence-electron chi connectivity index (χ3n) is 1.64. The quantitative estimate of drug-likeness (QED) is 0.570. The molecule has 0 N–H and O–H groups in total. The summed E-state index contributed by atoms with van der Waals surface area (Å²) in [5.41, 5.74) is 0. The first kappa shape index (κ1) is 8.84. The highest BCUT2D eigenvalue weighted by Gasteiger charge is 2.24. The number of hydrogen-bond donors (Lipinski definition) is 0. The Kier molecular flexibility index (Phi) is 2.76. The van der Waals surface area contributed by atoms with Crippen LogP contribution in [0.1, 0.15) is 19.3 Å². The molecule has 4 heteroatoms. The van der Waals surface area contributed by atoms with Crippen LogP contribution in [0.25, 0.3) is 5.32 Å². The molecule has 0 aromatic heterocycles. The summed E-state index contributed by atoms with van der Waals surface area (Å²) in [4.78, 5) is 0. The van der Waals surface area contributed by atoms with Crippen LogP contribution in [0.15, 0.2) is 0 Å². The summed E-state index contributed by atoms with van der Waals surface area (Å²) in [6, 6.07) is 0. The molecular weight excluding hydrogens is 155 g/mol. The fraction of sp³-hybridized carbons (Fsp3) is 1.00. The zero-order chi connectivity index (χ0) is 8.32. The monoisotopic (exact) mass is 166 g/mol. The largest absolute Gasteiger partial charge is 0.662 e. The lowest BCUT2D eigenvalue weighted by atomic mass is 10.4. The minimum Gasteiger partial charge on any atom is -0.662 e. The van der Waals surface area contributed by atoms with Crippen LogP contribution in [0.3, 0.4) is 0 Å². The second-order valence-corrected chi connectivity index (χ2v) is 2.94. The standard InChI is InChI=1S/C7H11F3N/c8-7(9,10)3-4-11-5-6-1-2-6/h6H,1-5H2/q-1. The van der Waals surface area contributed by atoms with Gasteiger partial charge < -0.3 is 5.32 Å². The Morgan fingerprint density at radius 3 is 2.36 bits per heavy atom. The van der Waals surface area contributed by atoms with E-state index in [1.165, 1.54) is 0 Å². The van der Waals surface area contributed by atoms with Gasteiger partial charge in [0.05, 0.1) is 0 Å². The molecule has 1 nitrogen and oxygen atoms in total. The van der Waals surface area contributed by atoms with Crippen molar-refractivity contribution >= 4 is 0 Å². The van der Waals surface area contributed by atoms with Gasteiger partial charge in [0.25, 0.3) is 0 Å². The molecule has 0 aromatic rings. The average Bonchev–Trinajstić information content (AvgIpc) is 2.60. The van der Waals surface area contributed by atoms with Crippen LogP contribution in [-0.2, 0) is 0 Å². The summed E-state index contributed by atoms with van der Waals surface area (Å²) < 4.78 is 34.6. The van der Waals surface area contributed by atoms with Crippen LogP contribution >= 0.6 is 0 Å². The maximum Gasteiger partial charge on any atom is 0.387 e. The molecule has 1 aliphatic rings. The van der Waals surface area contributed by atoms with Crippen molar-refractivity contribution in [3.05, 3.63) is 5.32 Å². The van der Waals surface area contributed by atoms with E-state index in [4.69, 9.17) is 0 Å². The van der Waals surface area contributed by atoms with Crippen molar-refractivity contribution in [2.45, 2.75) is 25.4 Å². The van der Waals surface area contributed by atoms with Crippen LogP contribution in [0.2, 0.25) is 0 Å². The molecule has 11 heavy (non-hydrogen) atoms. The molecule has 0 heterocycles. The minimum atomic E-state index is -4.03. The van der Waals surface area contributed by atoms with E-state index in [1.54, 1.807) is 0 Å². The molecule has 0 saturated heterocycles. The number of halogens is 3. The first-order chi connectivity index (χ1) is 5.08. The van der Waals surface area contributed by atoms with Gasteiger partial charge in [0.2, 0.25) is 0 Å². The molecule has 0 atom stereocenters. The number of rotatable bonds is 4. The van der Waals surface area contributed by atoms with E-state index < -0.39 is 12.6 Å². The van der Waals surface area contributed by atoms with Crippen LogP contribution in [0, 0.1) is 5.92 Å². The zero-order valence-electron chi connectivity index (χ0n) is 6.19. The number of hydrogen-bond acceptors (Lipinski definition) is 0. The minimum absolute atomic E-state index is 0.0556. The molecule has 0 bridgehead atoms. The lowest BCUT2D eigenvalue weighted by molar-refractivity contribution is -0.131. The van der Waals surface area contributed by atoms with E-state index in [1.807, 2.05) is 0 Å². The predicted molar refractivity (Wildman–Crippen MR) is 36.5 cm³/mol. The maximum atomic E-state index is 11.5. The maximum absolute atomic E-state index is 11.5. The van der Waals surface area contributed by atoms with Gasteiger partial charge in [-0.1, -0.05) is 18.8 Å². The van der Waals surface area contributed by atoms with Crippen molar-refractivity contribution in [1.29, 1.82) is 0 Å². The molecule has 1 aliphatic carbocycles. The highest BCUT2D eigenvalue weighted by atomic mass is 19.4.